The molecule has 2 unspecified atom stereocenters. The highest BCUT2D eigenvalue weighted by molar-refractivity contribution is 7.16. The molecule has 264 valence electrons. The number of aryl methyl sites for hydroxylation is 2. The van der Waals surface area contributed by atoms with Gasteiger partial charge in [0.15, 0.2) is 0 Å². The van der Waals surface area contributed by atoms with Crippen molar-refractivity contribution in [2.45, 2.75) is 53.4 Å². The smallest absolute Gasteiger partial charge is 0.309 e. The summed E-state index contributed by atoms with van der Waals surface area (Å²) in [6.45, 7) is 20.7. The number of carbonyl (C=O) groups is 2. The SMILES string of the molecule is [C-]#[N+]c1c(N=Nc2ccc(N(CC)CCOCCOCCOCCOCCOC(=O)C3CCCCC3C(=O)OC)cc2C)sc(C)c1C. The van der Waals surface area contributed by atoms with Crippen LogP contribution < -0.4 is 4.90 Å². The second-order valence-electron chi connectivity index (χ2n) is 11.4. The van der Waals surface area contributed by atoms with E-state index in [0.717, 1.165) is 53.3 Å². The summed E-state index contributed by atoms with van der Waals surface area (Å²) < 4.78 is 32.5. The van der Waals surface area contributed by atoms with Gasteiger partial charge in [0.1, 0.15) is 11.6 Å². The molecule has 1 aliphatic carbocycles. The Balaban J connectivity index is 1.20. The van der Waals surface area contributed by atoms with Gasteiger partial charge in [0.2, 0.25) is 5.69 Å². The summed E-state index contributed by atoms with van der Waals surface area (Å²) in [6.07, 6.45) is 3.13. The topological polar surface area (TPSA) is 122 Å². The van der Waals surface area contributed by atoms with Crippen molar-refractivity contribution in [3.8, 4) is 0 Å². The first kappa shape index (κ1) is 39.0. The molecule has 3 rings (SSSR count). The van der Waals surface area contributed by atoms with E-state index in [0.29, 0.717) is 69.8 Å². The number of hydrogen-bond donors (Lipinski definition) is 0. The van der Waals surface area contributed by atoms with Crippen LogP contribution in [0.2, 0.25) is 0 Å². The number of rotatable bonds is 21. The second kappa shape index (κ2) is 21.5. The largest absolute Gasteiger partial charge is 0.469 e. The Morgan fingerprint density at radius 2 is 1.46 bits per heavy atom. The van der Waals surface area contributed by atoms with Gasteiger partial charge in [-0.25, -0.2) is 4.85 Å². The highest BCUT2D eigenvalue weighted by atomic mass is 32.1. The zero-order valence-corrected chi connectivity index (χ0v) is 29.8. The third kappa shape index (κ3) is 12.2. The van der Waals surface area contributed by atoms with Crippen LogP contribution in [0.1, 0.15) is 48.6 Å². The van der Waals surface area contributed by atoms with Crippen LogP contribution in [0.15, 0.2) is 28.4 Å². The quantitative estimate of drug-likeness (QED) is 0.0588. The summed E-state index contributed by atoms with van der Waals surface area (Å²) in [7, 11) is 1.35. The van der Waals surface area contributed by atoms with Crippen LogP contribution in [0.5, 0.6) is 0 Å². The molecule has 0 N–H and O–H groups in total. The lowest BCUT2D eigenvalue weighted by Crippen LogP contribution is -2.35. The molecule has 0 radical (unpaired) electrons. The first-order valence-corrected chi connectivity index (χ1v) is 17.4. The van der Waals surface area contributed by atoms with Crippen LogP contribution in [0.4, 0.5) is 22.1 Å². The van der Waals surface area contributed by atoms with E-state index in [-0.39, 0.29) is 25.2 Å². The Labute approximate surface area is 288 Å². The maximum atomic E-state index is 12.4. The number of azo groups is 1. The number of anilines is 1. The minimum Gasteiger partial charge on any atom is -0.469 e. The second-order valence-corrected chi connectivity index (χ2v) is 12.6. The average molecular weight is 687 g/mol. The predicted octanol–water partition coefficient (Wildman–Crippen LogP) is 7.05. The molecule has 0 bridgehead atoms. The molecule has 13 heteroatoms. The number of ether oxygens (including phenoxy) is 6. The number of benzene rings is 1. The van der Waals surface area contributed by atoms with E-state index in [4.69, 9.17) is 35.0 Å². The lowest BCUT2D eigenvalue weighted by molar-refractivity contribution is -0.162. The molecule has 2 aromatic rings. The molecule has 0 aliphatic heterocycles. The Morgan fingerprint density at radius 1 is 0.875 bits per heavy atom. The van der Waals surface area contributed by atoms with Crippen LogP contribution in [0.25, 0.3) is 4.85 Å². The molecule has 1 saturated carbocycles. The monoisotopic (exact) mass is 686 g/mol. The number of likely N-dealkylation sites (N-methyl/N-ethyl adjacent to an activating group) is 1. The molecule has 0 amide bonds. The van der Waals surface area contributed by atoms with Crippen molar-refractivity contribution in [3.05, 3.63) is 45.6 Å². The Bertz CT molecular complexity index is 1380. The third-order valence-corrected chi connectivity index (χ3v) is 9.37. The van der Waals surface area contributed by atoms with Gasteiger partial charge in [0.25, 0.3) is 0 Å². The van der Waals surface area contributed by atoms with Crippen molar-refractivity contribution in [1.29, 1.82) is 0 Å². The van der Waals surface area contributed by atoms with E-state index >= 15 is 0 Å². The molecule has 12 nitrogen and oxygen atoms in total. The van der Waals surface area contributed by atoms with Gasteiger partial charge in [-0.1, -0.05) is 12.8 Å². The van der Waals surface area contributed by atoms with Crippen LogP contribution in [0.3, 0.4) is 0 Å². The van der Waals surface area contributed by atoms with Crippen LogP contribution in [-0.4, -0.2) is 91.6 Å². The first-order valence-electron chi connectivity index (χ1n) is 16.6. The standard InChI is InChI=1S/C35H50N4O8S/c1-7-39(28-12-13-31(25(2)24-28)37-38-33-32(36-5)26(3)27(4)48-33)14-15-43-16-17-44-18-19-45-20-21-46-22-23-47-35(41)30-11-9-8-10-29(30)34(40)42-6/h12-13,24,29-30H,7-11,14-23H2,1-4,6H3. The zero-order valence-electron chi connectivity index (χ0n) is 29.0. The Kier molecular flexibility index (Phi) is 17.5. The fourth-order valence-electron chi connectivity index (χ4n) is 5.41. The van der Waals surface area contributed by atoms with Crippen LogP contribution >= 0.6 is 11.3 Å². The maximum absolute atomic E-state index is 12.4. The molecular weight excluding hydrogens is 636 g/mol. The van der Waals surface area contributed by atoms with E-state index < -0.39 is 11.8 Å². The average Bonchev–Trinajstić information content (AvgIpc) is 3.38. The molecular formula is C35H50N4O8S. The van der Waals surface area contributed by atoms with E-state index in [1.165, 1.54) is 18.4 Å². The molecule has 0 saturated heterocycles. The normalized spacial score (nSPS) is 16.2. The predicted molar refractivity (Wildman–Crippen MR) is 185 cm³/mol. The lowest BCUT2D eigenvalue weighted by atomic mass is 9.79. The van der Waals surface area contributed by atoms with E-state index in [2.05, 4.69) is 33.0 Å². The van der Waals surface area contributed by atoms with Gasteiger partial charge in [0, 0.05) is 18.8 Å². The summed E-state index contributed by atoms with van der Waals surface area (Å²) in [6, 6.07) is 6.10. The van der Waals surface area contributed by atoms with Crippen molar-refractivity contribution in [2.75, 3.05) is 84.6 Å². The summed E-state index contributed by atoms with van der Waals surface area (Å²) in [5, 5.41) is 9.46. The highest BCUT2D eigenvalue weighted by Crippen LogP contribution is 2.42. The fourth-order valence-corrected chi connectivity index (χ4v) is 6.32. The molecule has 1 aromatic heterocycles. The van der Waals surface area contributed by atoms with Gasteiger partial charge < -0.3 is 33.3 Å². The Morgan fingerprint density at radius 3 is 2.02 bits per heavy atom. The number of hydrogen-bond acceptors (Lipinski definition) is 12. The van der Waals surface area contributed by atoms with Gasteiger partial charge in [-0.2, -0.15) is 10.2 Å². The summed E-state index contributed by atoms with van der Waals surface area (Å²) in [4.78, 5) is 31.3. The van der Waals surface area contributed by atoms with Gasteiger partial charge >= 0.3 is 11.9 Å². The molecule has 1 heterocycles. The van der Waals surface area contributed by atoms with Gasteiger partial charge in [-0.15, -0.1) is 11.3 Å². The Hall–Kier alpha value is -3.41. The van der Waals surface area contributed by atoms with Gasteiger partial charge in [-0.3, -0.25) is 9.59 Å². The molecule has 48 heavy (non-hydrogen) atoms. The third-order valence-electron chi connectivity index (χ3n) is 8.29. The molecule has 1 fully saturated rings. The molecule has 1 aliphatic rings. The van der Waals surface area contributed by atoms with Gasteiger partial charge in [-0.05, 0) is 74.7 Å². The van der Waals surface area contributed by atoms with Crippen molar-refractivity contribution in [3.63, 3.8) is 0 Å². The molecule has 0 spiro atoms. The number of thiophene rings is 1. The molecule has 2 atom stereocenters. The van der Waals surface area contributed by atoms with E-state index in [1.54, 1.807) is 0 Å². The number of methoxy groups -OCH3 is 1. The van der Waals surface area contributed by atoms with Crippen molar-refractivity contribution in [1.82, 2.24) is 0 Å². The lowest BCUT2D eigenvalue weighted by Gasteiger charge is -2.27. The van der Waals surface area contributed by atoms with Crippen molar-refractivity contribution < 1.29 is 38.0 Å². The van der Waals surface area contributed by atoms with Crippen LogP contribution in [-0.2, 0) is 38.0 Å². The van der Waals surface area contributed by atoms with E-state index in [9.17, 15) is 9.59 Å². The fraction of sp³-hybridized carbons (Fsp3) is 0.629. The number of nitrogens with zero attached hydrogens (tertiary/aromatic N) is 4. The van der Waals surface area contributed by atoms with Crippen molar-refractivity contribution >= 4 is 45.3 Å². The van der Waals surface area contributed by atoms with Gasteiger partial charge in [0.05, 0.1) is 84.1 Å². The summed E-state index contributed by atoms with van der Waals surface area (Å²) in [5.41, 5.74) is 4.44. The van der Waals surface area contributed by atoms with Crippen LogP contribution in [0, 0.1) is 39.2 Å². The number of esters is 2. The molecule has 1 aromatic carbocycles. The summed E-state index contributed by atoms with van der Waals surface area (Å²) in [5.74, 6) is -1.54. The summed E-state index contributed by atoms with van der Waals surface area (Å²) >= 11 is 1.49. The maximum Gasteiger partial charge on any atom is 0.309 e. The number of carbonyl (C=O) groups excluding carboxylic acids is 2. The van der Waals surface area contributed by atoms with Crippen molar-refractivity contribution in [2.24, 2.45) is 22.1 Å². The minimum absolute atomic E-state index is 0.142. The highest BCUT2D eigenvalue weighted by Gasteiger charge is 2.37. The van der Waals surface area contributed by atoms with E-state index in [1.807, 2.05) is 32.9 Å². The zero-order chi connectivity index (χ0) is 34.7. The minimum atomic E-state index is -0.434. The first-order chi connectivity index (χ1) is 23.3.